The van der Waals surface area contributed by atoms with E-state index in [-0.39, 0.29) is 11.8 Å². The summed E-state index contributed by atoms with van der Waals surface area (Å²) in [7, 11) is 0. The molecule has 1 aromatic rings. The Bertz CT molecular complexity index is 456. The van der Waals surface area contributed by atoms with E-state index < -0.39 is 5.97 Å². The van der Waals surface area contributed by atoms with Crippen molar-refractivity contribution in [1.82, 2.24) is 14.9 Å². The molecule has 0 atom stereocenters. The number of hydrogen-bond donors (Lipinski definition) is 1. The Kier molecular flexibility index (Phi) is 5.12. The molecule has 1 aliphatic rings. The summed E-state index contributed by atoms with van der Waals surface area (Å²) in [6.45, 7) is 8.78. The van der Waals surface area contributed by atoms with E-state index in [1.165, 1.54) is 0 Å². The minimum Gasteiger partial charge on any atom is -0.481 e. The second-order valence-corrected chi connectivity index (χ2v) is 6.36. The lowest BCUT2D eigenvalue weighted by Crippen LogP contribution is -2.47. The van der Waals surface area contributed by atoms with E-state index >= 15 is 0 Å². The zero-order valence-electron chi connectivity index (χ0n) is 12.8. The smallest absolute Gasteiger partial charge is 0.303 e. The Balaban J connectivity index is 1.76. The molecule has 0 bridgehead atoms. The lowest BCUT2D eigenvalue weighted by molar-refractivity contribution is -0.139. The van der Waals surface area contributed by atoms with Gasteiger partial charge in [0.25, 0.3) is 0 Å². The highest BCUT2D eigenvalue weighted by molar-refractivity contribution is 5.67. The van der Waals surface area contributed by atoms with Gasteiger partial charge in [-0.3, -0.25) is 9.69 Å². The van der Waals surface area contributed by atoms with Crippen LogP contribution >= 0.6 is 0 Å². The molecule has 0 aliphatic carbocycles. The molecule has 0 saturated carbocycles. The summed E-state index contributed by atoms with van der Waals surface area (Å²) < 4.78 is 0. The van der Waals surface area contributed by atoms with Gasteiger partial charge < -0.3 is 10.0 Å². The second kappa shape index (κ2) is 6.85. The van der Waals surface area contributed by atoms with Gasteiger partial charge in [-0.05, 0) is 24.4 Å². The fourth-order valence-electron chi connectivity index (χ4n) is 2.58. The third-order valence-corrected chi connectivity index (χ3v) is 3.94. The maximum absolute atomic E-state index is 10.8. The Morgan fingerprint density at radius 1 is 1.24 bits per heavy atom. The zero-order chi connectivity index (χ0) is 15.3. The predicted molar refractivity (Wildman–Crippen MR) is 81.3 cm³/mol. The number of carbonyl (C=O) groups is 1. The first-order valence-corrected chi connectivity index (χ1v) is 7.42. The first-order valence-electron chi connectivity index (χ1n) is 7.42. The number of hydrogen-bond acceptors (Lipinski definition) is 5. The van der Waals surface area contributed by atoms with Gasteiger partial charge in [0.1, 0.15) is 0 Å². The topological polar surface area (TPSA) is 69.6 Å². The largest absolute Gasteiger partial charge is 0.481 e. The maximum atomic E-state index is 10.8. The van der Waals surface area contributed by atoms with Crippen LogP contribution in [0.4, 0.5) is 5.95 Å². The van der Waals surface area contributed by atoms with Gasteiger partial charge in [-0.25, -0.2) is 9.97 Å². The van der Waals surface area contributed by atoms with Gasteiger partial charge in [0.15, 0.2) is 0 Å². The van der Waals surface area contributed by atoms with Gasteiger partial charge >= 0.3 is 5.97 Å². The summed E-state index contributed by atoms with van der Waals surface area (Å²) in [5, 5.41) is 8.91. The van der Waals surface area contributed by atoms with Gasteiger partial charge in [0.2, 0.25) is 5.95 Å². The number of aliphatic carboxylic acids is 1. The van der Waals surface area contributed by atoms with E-state index in [0.29, 0.717) is 0 Å². The Labute approximate surface area is 125 Å². The third-order valence-electron chi connectivity index (χ3n) is 3.94. The quantitative estimate of drug-likeness (QED) is 0.856. The molecule has 2 heterocycles. The summed E-state index contributed by atoms with van der Waals surface area (Å²) in [4.78, 5) is 24.0. The average Bonchev–Trinajstić information content (AvgIpc) is 2.45. The van der Waals surface area contributed by atoms with Gasteiger partial charge in [0.05, 0.1) is 6.42 Å². The summed E-state index contributed by atoms with van der Waals surface area (Å²) in [5.74, 6) is 0.0782. The van der Waals surface area contributed by atoms with Crippen LogP contribution in [0.2, 0.25) is 0 Å². The standard InChI is InChI=1S/C15H24N4O2/c1-15(2,12-13(20)21)4-7-18-8-10-19(11-9-18)14-16-5-3-6-17-14/h3,5-6H,4,7-12H2,1-2H3,(H,20,21). The third kappa shape index (κ3) is 4.97. The molecule has 2 rings (SSSR count). The number of piperazine rings is 1. The summed E-state index contributed by atoms with van der Waals surface area (Å²) in [6, 6.07) is 1.82. The SMILES string of the molecule is CC(C)(CCN1CCN(c2ncccn2)CC1)CC(=O)O. The molecule has 116 valence electrons. The van der Waals surface area contributed by atoms with E-state index in [1.807, 2.05) is 19.9 Å². The molecule has 6 nitrogen and oxygen atoms in total. The molecular weight excluding hydrogens is 268 g/mol. The highest BCUT2D eigenvalue weighted by Crippen LogP contribution is 2.25. The van der Waals surface area contributed by atoms with Gasteiger partial charge in [-0.15, -0.1) is 0 Å². The molecule has 0 spiro atoms. The average molecular weight is 292 g/mol. The molecule has 21 heavy (non-hydrogen) atoms. The van der Waals surface area contributed by atoms with Crippen LogP contribution in [0.3, 0.4) is 0 Å². The second-order valence-electron chi connectivity index (χ2n) is 6.36. The van der Waals surface area contributed by atoms with Crippen molar-refractivity contribution < 1.29 is 9.90 Å². The molecule has 6 heteroatoms. The molecular formula is C15H24N4O2. The highest BCUT2D eigenvalue weighted by Gasteiger charge is 2.24. The van der Waals surface area contributed by atoms with Crippen LogP contribution in [0.1, 0.15) is 26.7 Å². The van der Waals surface area contributed by atoms with Crippen LogP contribution in [-0.4, -0.2) is 58.7 Å². The van der Waals surface area contributed by atoms with Crippen molar-refractivity contribution >= 4 is 11.9 Å². The highest BCUT2D eigenvalue weighted by atomic mass is 16.4. The monoisotopic (exact) mass is 292 g/mol. The fourth-order valence-corrected chi connectivity index (χ4v) is 2.58. The number of carboxylic acids is 1. The number of carboxylic acid groups (broad SMARTS) is 1. The zero-order valence-corrected chi connectivity index (χ0v) is 12.8. The fraction of sp³-hybridized carbons (Fsp3) is 0.667. The van der Waals surface area contributed by atoms with Crippen molar-refractivity contribution in [3.05, 3.63) is 18.5 Å². The predicted octanol–water partition coefficient (Wildman–Crippen LogP) is 1.49. The van der Waals surface area contributed by atoms with E-state index in [2.05, 4.69) is 19.8 Å². The van der Waals surface area contributed by atoms with Crippen LogP contribution in [0.5, 0.6) is 0 Å². The van der Waals surface area contributed by atoms with Crippen molar-refractivity contribution in [2.24, 2.45) is 5.41 Å². The first-order chi connectivity index (χ1) is 9.96. The molecule has 1 saturated heterocycles. The Morgan fingerprint density at radius 3 is 2.43 bits per heavy atom. The van der Waals surface area contributed by atoms with Crippen LogP contribution in [0.15, 0.2) is 18.5 Å². The van der Waals surface area contributed by atoms with Crippen molar-refractivity contribution in [1.29, 1.82) is 0 Å². The van der Waals surface area contributed by atoms with Crippen LogP contribution in [-0.2, 0) is 4.79 Å². The molecule has 1 aromatic heterocycles. The van der Waals surface area contributed by atoms with Crippen molar-refractivity contribution in [3.63, 3.8) is 0 Å². The Morgan fingerprint density at radius 2 is 1.86 bits per heavy atom. The van der Waals surface area contributed by atoms with E-state index in [4.69, 9.17) is 5.11 Å². The van der Waals surface area contributed by atoms with E-state index in [9.17, 15) is 4.79 Å². The first kappa shape index (κ1) is 15.7. The van der Waals surface area contributed by atoms with Gasteiger partial charge in [-0.2, -0.15) is 0 Å². The molecule has 0 unspecified atom stereocenters. The van der Waals surface area contributed by atoms with E-state index in [1.54, 1.807) is 12.4 Å². The minimum atomic E-state index is -0.717. The summed E-state index contributed by atoms with van der Waals surface area (Å²) in [6.07, 6.45) is 4.66. The van der Waals surface area contributed by atoms with Crippen molar-refractivity contribution in [2.75, 3.05) is 37.6 Å². The minimum absolute atomic E-state index is 0.147. The maximum Gasteiger partial charge on any atom is 0.303 e. The van der Waals surface area contributed by atoms with E-state index in [0.717, 1.165) is 45.1 Å². The number of rotatable bonds is 6. The molecule has 0 radical (unpaired) electrons. The van der Waals surface area contributed by atoms with Gasteiger partial charge in [0, 0.05) is 38.6 Å². The number of anilines is 1. The molecule has 0 aromatic carbocycles. The molecule has 1 fully saturated rings. The normalized spacial score (nSPS) is 17.0. The lowest BCUT2D eigenvalue weighted by atomic mass is 9.85. The van der Waals surface area contributed by atoms with Crippen LogP contribution < -0.4 is 4.90 Å². The molecule has 1 aliphatic heterocycles. The van der Waals surface area contributed by atoms with Crippen molar-refractivity contribution in [2.45, 2.75) is 26.7 Å². The Hall–Kier alpha value is -1.69. The number of aromatic nitrogens is 2. The lowest BCUT2D eigenvalue weighted by Gasteiger charge is -2.36. The van der Waals surface area contributed by atoms with Crippen molar-refractivity contribution in [3.8, 4) is 0 Å². The summed E-state index contributed by atoms with van der Waals surface area (Å²) in [5.41, 5.74) is -0.147. The molecule has 0 amide bonds. The van der Waals surface area contributed by atoms with Gasteiger partial charge in [-0.1, -0.05) is 13.8 Å². The number of nitrogens with zero attached hydrogens (tertiary/aromatic N) is 4. The molecule has 1 N–H and O–H groups in total. The summed E-state index contributed by atoms with van der Waals surface area (Å²) >= 11 is 0. The van der Waals surface area contributed by atoms with Crippen LogP contribution in [0, 0.1) is 5.41 Å². The van der Waals surface area contributed by atoms with Crippen LogP contribution in [0.25, 0.3) is 0 Å².